The molecule has 0 fully saturated rings. The Labute approximate surface area is 126 Å². The minimum absolute atomic E-state index is 0.0918. The van der Waals surface area contributed by atoms with Crippen LogP contribution in [0.25, 0.3) is 0 Å². The average molecular weight is 308 g/mol. The number of aryl methyl sites for hydroxylation is 1. The van der Waals surface area contributed by atoms with Crippen molar-refractivity contribution >= 4 is 29.4 Å². The van der Waals surface area contributed by atoms with E-state index in [0.717, 1.165) is 10.6 Å². The van der Waals surface area contributed by atoms with Crippen molar-refractivity contribution < 1.29 is 13.9 Å². The van der Waals surface area contributed by atoms with E-state index in [0.29, 0.717) is 18.2 Å². The first-order valence-electron chi connectivity index (χ1n) is 6.33. The molecule has 0 unspecified atom stereocenters. The van der Waals surface area contributed by atoms with E-state index >= 15 is 0 Å². The maximum atomic E-state index is 11.8. The topological polar surface area (TPSA) is 103 Å². The number of anilines is 2. The molecule has 0 saturated carbocycles. The molecule has 1 amide bonds. The number of ether oxygens (including phenoxy) is 1. The third kappa shape index (κ3) is 4.38. The van der Waals surface area contributed by atoms with Crippen molar-refractivity contribution in [3.05, 3.63) is 24.1 Å². The molecule has 2 rings (SSSR count). The molecule has 1 aromatic carbocycles. The summed E-state index contributed by atoms with van der Waals surface area (Å²) < 4.78 is 10.5. The van der Waals surface area contributed by atoms with Crippen LogP contribution in [0, 0.1) is 6.92 Å². The molecule has 0 aliphatic rings. The normalized spacial score (nSPS) is 10.4. The van der Waals surface area contributed by atoms with Crippen LogP contribution in [0.2, 0.25) is 0 Å². The Morgan fingerprint density at radius 2 is 2.29 bits per heavy atom. The number of amides is 1. The van der Waals surface area contributed by atoms with E-state index in [4.69, 9.17) is 14.9 Å². The van der Waals surface area contributed by atoms with Crippen LogP contribution in [0.1, 0.15) is 12.8 Å². The first kappa shape index (κ1) is 15.2. The molecule has 0 atom stereocenters. The minimum Gasteiger partial charge on any atom is -0.494 e. The fourth-order valence-electron chi connectivity index (χ4n) is 1.54. The van der Waals surface area contributed by atoms with Crippen molar-refractivity contribution in [3.63, 3.8) is 0 Å². The molecule has 21 heavy (non-hydrogen) atoms. The van der Waals surface area contributed by atoms with E-state index in [2.05, 4.69) is 15.5 Å². The molecule has 2 aromatic rings. The fraction of sp³-hybridized carbons (Fsp3) is 0.308. The highest BCUT2D eigenvalue weighted by molar-refractivity contribution is 8.00. The van der Waals surface area contributed by atoms with E-state index in [1.165, 1.54) is 11.8 Å². The number of hydrogen-bond donors (Lipinski definition) is 2. The summed E-state index contributed by atoms with van der Waals surface area (Å²) in [6.45, 7) is 4.13. The van der Waals surface area contributed by atoms with Crippen molar-refractivity contribution in [2.24, 2.45) is 0 Å². The Morgan fingerprint density at radius 1 is 1.48 bits per heavy atom. The number of nitrogens with one attached hydrogen (secondary N) is 1. The Hall–Kier alpha value is -2.22. The number of nitrogens with two attached hydrogens (primary N) is 1. The lowest BCUT2D eigenvalue weighted by Crippen LogP contribution is -2.14. The summed E-state index contributed by atoms with van der Waals surface area (Å²) in [6.07, 6.45) is 0. The number of benzene rings is 1. The van der Waals surface area contributed by atoms with Gasteiger partial charge in [-0.1, -0.05) is 5.10 Å². The quantitative estimate of drug-likeness (QED) is 0.622. The van der Waals surface area contributed by atoms with E-state index in [9.17, 15) is 4.79 Å². The van der Waals surface area contributed by atoms with Gasteiger partial charge in [-0.25, -0.2) is 0 Å². The van der Waals surface area contributed by atoms with Gasteiger partial charge >= 0.3 is 6.01 Å². The molecule has 8 heteroatoms. The zero-order valence-electron chi connectivity index (χ0n) is 11.8. The molecule has 112 valence electrons. The first-order valence-corrected chi connectivity index (χ1v) is 7.32. The molecule has 7 nitrogen and oxygen atoms in total. The number of carbonyl (C=O) groups is 1. The van der Waals surface area contributed by atoms with Gasteiger partial charge in [-0.15, -0.1) is 16.9 Å². The van der Waals surface area contributed by atoms with Crippen LogP contribution in [0.4, 0.5) is 11.7 Å². The summed E-state index contributed by atoms with van der Waals surface area (Å²) in [5.41, 5.74) is 6.48. The molecule has 0 bridgehead atoms. The molecular formula is C13H16N4O3S. The standard InChI is InChI=1S/C13H16N4O3S/c1-3-19-9-4-5-10(14)11(6-9)21-7-12(18)15-13-17-16-8(2)20-13/h4-6H,3,7,14H2,1-2H3,(H,15,17,18). The van der Waals surface area contributed by atoms with Crippen LogP contribution in [0.5, 0.6) is 5.75 Å². The Morgan fingerprint density at radius 3 is 2.95 bits per heavy atom. The Bertz CT molecular complexity index is 630. The molecule has 0 aliphatic heterocycles. The largest absolute Gasteiger partial charge is 0.494 e. The third-order valence-electron chi connectivity index (χ3n) is 2.43. The van der Waals surface area contributed by atoms with Gasteiger partial charge < -0.3 is 14.9 Å². The second-order valence-corrected chi connectivity index (χ2v) is 5.11. The van der Waals surface area contributed by atoms with Gasteiger partial charge in [0.25, 0.3) is 0 Å². The second-order valence-electron chi connectivity index (χ2n) is 4.10. The summed E-state index contributed by atoms with van der Waals surface area (Å²) >= 11 is 1.31. The van der Waals surface area contributed by atoms with Crippen LogP contribution in [0.3, 0.4) is 0 Å². The zero-order valence-corrected chi connectivity index (χ0v) is 12.6. The van der Waals surface area contributed by atoms with Crippen molar-refractivity contribution in [2.75, 3.05) is 23.4 Å². The fourth-order valence-corrected chi connectivity index (χ4v) is 2.33. The van der Waals surface area contributed by atoms with Crippen molar-refractivity contribution in [2.45, 2.75) is 18.7 Å². The number of nitrogen functional groups attached to an aromatic ring is 1. The minimum atomic E-state index is -0.245. The average Bonchev–Trinajstić information content (AvgIpc) is 2.85. The zero-order chi connectivity index (χ0) is 15.2. The molecule has 3 N–H and O–H groups in total. The van der Waals surface area contributed by atoms with Gasteiger partial charge in [0.2, 0.25) is 11.8 Å². The lowest BCUT2D eigenvalue weighted by Gasteiger charge is -2.08. The SMILES string of the molecule is CCOc1ccc(N)c(SCC(=O)Nc2nnc(C)o2)c1. The van der Waals surface area contributed by atoms with E-state index in [-0.39, 0.29) is 17.7 Å². The number of nitrogens with zero attached hydrogens (tertiary/aromatic N) is 2. The first-order chi connectivity index (χ1) is 10.1. The van der Waals surface area contributed by atoms with Crippen molar-refractivity contribution in [1.82, 2.24) is 10.2 Å². The molecule has 0 spiro atoms. The maximum Gasteiger partial charge on any atom is 0.322 e. The van der Waals surface area contributed by atoms with Gasteiger partial charge in [0.15, 0.2) is 0 Å². The maximum absolute atomic E-state index is 11.8. The molecule has 1 aromatic heterocycles. The van der Waals surface area contributed by atoms with Gasteiger partial charge in [0.1, 0.15) is 5.75 Å². The van der Waals surface area contributed by atoms with Crippen LogP contribution >= 0.6 is 11.8 Å². The van der Waals surface area contributed by atoms with Gasteiger partial charge in [-0.2, -0.15) is 0 Å². The van der Waals surface area contributed by atoms with Crippen LogP contribution in [-0.4, -0.2) is 28.5 Å². The van der Waals surface area contributed by atoms with Crippen molar-refractivity contribution in [3.8, 4) is 5.75 Å². The van der Waals surface area contributed by atoms with E-state index in [1.54, 1.807) is 19.1 Å². The number of carbonyl (C=O) groups excluding carboxylic acids is 1. The van der Waals surface area contributed by atoms with Gasteiger partial charge in [0, 0.05) is 17.5 Å². The lowest BCUT2D eigenvalue weighted by atomic mass is 10.3. The van der Waals surface area contributed by atoms with Crippen LogP contribution in [-0.2, 0) is 4.79 Å². The highest BCUT2D eigenvalue weighted by Crippen LogP contribution is 2.29. The molecule has 1 heterocycles. The molecule has 0 aliphatic carbocycles. The monoisotopic (exact) mass is 308 g/mol. The van der Waals surface area contributed by atoms with E-state index in [1.807, 2.05) is 13.0 Å². The highest BCUT2D eigenvalue weighted by atomic mass is 32.2. The predicted molar refractivity (Wildman–Crippen MR) is 80.4 cm³/mol. The van der Waals surface area contributed by atoms with E-state index < -0.39 is 0 Å². The summed E-state index contributed by atoms with van der Waals surface area (Å²) in [6, 6.07) is 5.46. The number of thioether (sulfide) groups is 1. The lowest BCUT2D eigenvalue weighted by molar-refractivity contribution is -0.113. The number of hydrogen-bond acceptors (Lipinski definition) is 7. The second kappa shape index (κ2) is 6.98. The number of aromatic nitrogens is 2. The molecule has 0 saturated heterocycles. The van der Waals surface area contributed by atoms with Crippen LogP contribution in [0.15, 0.2) is 27.5 Å². The summed E-state index contributed by atoms with van der Waals surface area (Å²) in [4.78, 5) is 12.6. The third-order valence-corrected chi connectivity index (χ3v) is 3.50. The summed E-state index contributed by atoms with van der Waals surface area (Å²) in [5.74, 6) is 1.06. The predicted octanol–water partition coefficient (Wildman–Crippen LogP) is 2.09. The Balaban J connectivity index is 1.92. The smallest absolute Gasteiger partial charge is 0.322 e. The van der Waals surface area contributed by atoms with Gasteiger partial charge in [-0.3, -0.25) is 10.1 Å². The van der Waals surface area contributed by atoms with Gasteiger partial charge in [-0.05, 0) is 25.1 Å². The molecule has 0 radical (unpaired) electrons. The summed E-state index contributed by atoms with van der Waals surface area (Å²) in [5, 5.41) is 9.84. The molecular weight excluding hydrogens is 292 g/mol. The van der Waals surface area contributed by atoms with Crippen LogP contribution < -0.4 is 15.8 Å². The Kier molecular flexibility index (Phi) is 5.04. The summed E-state index contributed by atoms with van der Waals surface area (Å²) in [7, 11) is 0. The highest BCUT2D eigenvalue weighted by Gasteiger charge is 2.10. The number of rotatable bonds is 6. The van der Waals surface area contributed by atoms with Crippen molar-refractivity contribution in [1.29, 1.82) is 0 Å². The van der Waals surface area contributed by atoms with Gasteiger partial charge in [0.05, 0.1) is 12.4 Å².